The molecule has 98 valence electrons. The maximum atomic E-state index is 11.3. The van der Waals surface area contributed by atoms with E-state index in [1.807, 2.05) is 19.1 Å². The molecule has 0 saturated heterocycles. The van der Waals surface area contributed by atoms with Crippen LogP contribution in [0, 0.1) is 0 Å². The normalized spacial score (nSPS) is 10.4. The standard InChI is InChI=1S/C14H18O4/c1-4-10-18-13(15)9-8-11-6-5-7-12(16-2)14(11)17-3/h5-9H,4,10H2,1-3H3/b9-8+. The minimum Gasteiger partial charge on any atom is -0.493 e. The average Bonchev–Trinajstić information content (AvgIpc) is 2.41. The number of carbonyl (C=O) groups excluding carboxylic acids is 1. The van der Waals surface area contributed by atoms with Crippen LogP contribution in [0.4, 0.5) is 0 Å². The third-order valence-corrected chi connectivity index (χ3v) is 2.28. The van der Waals surface area contributed by atoms with Gasteiger partial charge in [-0.2, -0.15) is 0 Å². The zero-order valence-electron chi connectivity index (χ0n) is 10.9. The van der Waals surface area contributed by atoms with Crippen LogP contribution in [0.2, 0.25) is 0 Å². The lowest BCUT2D eigenvalue weighted by molar-refractivity contribution is -0.137. The van der Waals surface area contributed by atoms with Crippen molar-refractivity contribution in [3.63, 3.8) is 0 Å². The minimum atomic E-state index is -0.360. The molecule has 0 bridgehead atoms. The summed E-state index contributed by atoms with van der Waals surface area (Å²) in [6, 6.07) is 5.47. The van der Waals surface area contributed by atoms with Gasteiger partial charge in [0.05, 0.1) is 20.8 Å². The molecule has 0 N–H and O–H groups in total. The van der Waals surface area contributed by atoms with E-state index in [1.54, 1.807) is 26.4 Å². The summed E-state index contributed by atoms with van der Waals surface area (Å²) in [5.41, 5.74) is 0.769. The number of hydrogen-bond donors (Lipinski definition) is 0. The summed E-state index contributed by atoms with van der Waals surface area (Å²) < 4.78 is 15.4. The van der Waals surface area contributed by atoms with Crippen molar-refractivity contribution in [1.82, 2.24) is 0 Å². The molecule has 0 aliphatic carbocycles. The van der Waals surface area contributed by atoms with Crippen LogP contribution in [-0.4, -0.2) is 26.8 Å². The molecule has 1 aromatic carbocycles. The summed E-state index contributed by atoms with van der Waals surface area (Å²) in [5.74, 6) is 0.864. The summed E-state index contributed by atoms with van der Waals surface area (Å²) in [6.45, 7) is 2.38. The van der Waals surface area contributed by atoms with Gasteiger partial charge in [-0.05, 0) is 18.6 Å². The summed E-state index contributed by atoms with van der Waals surface area (Å²) in [6.07, 6.45) is 3.84. The molecule has 0 fully saturated rings. The molecule has 0 aromatic heterocycles. The highest BCUT2D eigenvalue weighted by molar-refractivity contribution is 5.87. The third-order valence-electron chi connectivity index (χ3n) is 2.28. The lowest BCUT2D eigenvalue weighted by Crippen LogP contribution is -2.01. The maximum Gasteiger partial charge on any atom is 0.330 e. The van der Waals surface area contributed by atoms with Crippen molar-refractivity contribution in [2.24, 2.45) is 0 Å². The summed E-state index contributed by atoms with van der Waals surface area (Å²) in [5, 5.41) is 0. The molecule has 0 spiro atoms. The molecule has 1 aromatic rings. The van der Waals surface area contributed by atoms with Gasteiger partial charge in [-0.25, -0.2) is 4.79 Å². The van der Waals surface area contributed by atoms with Crippen molar-refractivity contribution >= 4 is 12.0 Å². The van der Waals surface area contributed by atoms with Crippen LogP contribution in [0.25, 0.3) is 6.08 Å². The summed E-state index contributed by atoms with van der Waals surface area (Å²) in [4.78, 5) is 11.3. The molecule has 0 aliphatic heterocycles. The molecule has 4 nitrogen and oxygen atoms in total. The molecule has 0 aliphatic rings. The van der Waals surface area contributed by atoms with Gasteiger partial charge in [0.2, 0.25) is 0 Å². The molecule has 0 radical (unpaired) electrons. The van der Waals surface area contributed by atoms with Crippen LogP contribution in [-0.2, 0) is 9.53 Å². The molecule has 0 amide bonds. The first-order valence-corrected chi connectivity index (χ1v) is 5.78. The van der Waals surface area contributed by atoms with Crippen molar-refractivity contribution in [3.05, 3.63) is 29.8 Å². The highest BCUT2D eigenvalue weighted by Gasteiger charge is 2.07. The Morgan fingerprint density at radius 2 is 2.06 bits per heavy atom. The molecule has 4 heteroatoms. The van der Waals surface area contributed by atoms with Gasteiger partial charge in [0, 0.05) is 11.6 Å². The molecular weight excluding hydrogens is 232 g/mol. The zero-order chi connectivity index (χ0) is 13.4. The number of hydrogen-bond acceptors (Lipinski definition) is 4. The SMILES string of the molecule is CCCOC(=O)/C=C/c1cccc(OC)c1OC. The van der Waals surface area contributed by atoms with Gasteiger partial charge in [-0.15, -0.1) is 0 Å². The van der Waals surface area contributed by atoms with E-state index < -0.39 is 0 Å². The van der Waals surface area contributed by atoms with E-state index in [0.29, 0.717) is 18.1 Å². The Morgan fingerprint density at radius 1 is 1.28 bits per heavy atom. The summed E-state index contributed by atoms with van der Waals surface area (Å²) in [7, 11) is 3.13. The first-order chi connectivity index (χ1) is 8.72. The molecular formula is C14H18O4. The van der Waals surface area contributed by atoms with Crippen LogP contribution in [0.5, 0.6) is 11.5 Å². The third kappa shape index (κ3) is 3.80. The fourth-order valence-corrected chi connectivity index (χ4v) is 1.45. The zero-order valence-corrected chi connectivity index (χ0v) is 10.9. The fourth-order valence-electron chi connectivity index (χ4n) is 1.45. The highest BCUT2D eigenvalue weighted by atomic mass is 16.5. The molecule has 18 heavy (non-hydrogen) atoms. The number of carbonyl (C=O) groups is 1. The van der Waals surface area contributed by atoms with Gasteiger partial charge in [0.1, 0.15) is 0 Å². The quantitative estimate of drug-likeness (QED) is 0.575. The van der Waals surface area contributed by atoms with Gasteiger partial charge < -0.3 is 14.2 Å². The average molecular weight is 250 g/mol. The van der Waals surface area contributed by atoms with E-state index in [4.69, 9.17) is 14.2 Å². The largest absolute Gasteiger partial charge is 0.493 e. The van der Waals surface area contributed by atoms with Gasteiger partial charge >= 0.3 is 5.97 Å². The van der Waals surface area contributed by atoms with Gasteiger partial charge in [-0.3, -0.25) is 0 Å². The Labute approximate surface area is 107 Å². The lowest BCUT2D eigenvalue weighted by Gasteiger charge is -2.09. The Morgan fingerprint density at radius 3 is 2.67 bits per heavy atom. The second-order valence-electron chi connectivity index (χ2n) is 3.58. The first-order valence-electron chi connectivity index (χ1n) is 5.78. The maximum absolute atomic E-state index is 11.3. The monoisotopic (exact) mass is 250 g/mol. The van der Waals surface area contributed by atoms with Crippen molar-refractivity contribution in [2.75, 3.05) is 20.8 Å². The second-order valence-corrected chi connectivity index (χ2v) is 3.58. The van der Waals surface area contributed by atoms with Gasteiger partial charge in [-0.1, -0.05) is 19.1 Å². The Bertz CT molecular complexity index is 424. The van der Waals surface area contributed by atoms with Crippen LogP contribution in [0.15, 0.2) is 24.3 Å². The lowest BCUT2D eigenvalue weighted by atomic mass is 10.1. The van der Waals surface area contributed by atoms with Gasteiger partial charge in [0.25, 0.3) is 0 Å². The number of benzene rings is 1. The van der Waals surface area contributed by atoms with E-state index in [9.17, 15) is 4.79 Å². The van der Waals surface area contributed by atoms with Crippen LogP contribution in [0.1, 0.15) is 18.9 Å². The smallest absolute Gasteiger partial charge is 0.330 e. The van der Waals surface area contributed by atoms with Crippen molar-refractivity contribution in [2.45, 2.75) is 13.3 Å². The second kappa shape index (κ2) is 7.37. The number of esters is 1. The molecule has 0 unspecified atom stereocenters. The predicted molar refractivity (Wildman–Crippen MR) is 69.8 cm³/mol. The van der Waals surface area contributed by atoms with Crippen LogP contribution < -0.4 is 9.47 Å². The summed E-state index contributed by atoms with van der Waals surface area (Å²) >= 11 is 0. The van der Waals surface area contributed by atoms with Crippen molar-refractivity contribution in [3.8, 4) is 11.5 Å². The number of para-hydroxylation sites is 1. The number of ether oxygens (including phenoxy) is 3. The molecule has 0 heterocycles. The Balaban J connectivity index is 2.83. The molecule has 0 atom stereocenters. The van der Waals surface area contributed by atoms with E-state index in [1.165, 1.54) is 6.08 Å². The minimum absolute atomic E-state index is 0.360. The Hall–Kier alpha value is -1.97. The topological polar surface area (TPSA) is 44.8 Å². The van der Waals surface area contributed by atoms with Crippen molar-refractivity contribution < 1.29 is 19.0 Å². The van der Waals surface area contributed by atoms with Gasteiger partial charge in [0.15, 0.2) is 11.5 Å². The number of methoxy groups -OCH3 is 2. The van der Waals surface area contributed by atoms with E-state index in [2.05, 4.69) is 0 Å². The highest BCUT2D eigenvalue weighted by Crippen LogP contribution is 2.31. The van der Waals surface area contributed by atoms with E-state index in [0.717, 1.165) is 12.0 Å². The number of rotatable bonds is 6. The molecule has 0 saturated carbocycles. The van der Waals surface area contributed by atoms with Crippen LogP contribution >= 0.6 is 0 Å². The Kier molecular flexibility index (Phi) is 5.77. The fraction of sp³-hybridized carbons (Fsp3) is 0.357. The first kappa shape index (κ1) is 14.1. The van der Waals surface area contributed by atoms with E-state index >= 15 is 0 Å². The van der Waals surface area contributed by atoms with E-state index in [-0.39, 0.29) is 5.97 Å². The van der Waals surface area contributed by atoms with Crippen LogP contribution in [0.3, 0.4) is 0 Å². The predicted octanol–water partition coefficient (Wildman–Crippen LogP) is 2.67. The molecule has 1 rings (SSSR count). The van der Waals surface area contributed by atoms with Crippen molar-refractivity contribution in [1.29, 1.82) is 0 Å².